The van der Waals surface area contributed by atoms with Gasteiger partial charge in [0.15, 0.2) is 5.78 Å². The molecule has 3 N–H and O–H groups in total. The van der Waals surface area contributed by atoms with Gasteiger partial charge in [0.05, 0.1) is 32.0 Å². The first kappa shape index (κ1) is 45.2. The average Bonchev–Trinajstić information content (AvgIpc) is 3.75. The monoisotopic (exact) mass is 865 g/mol. The first-order chi connectivity index (χ1) is 30.1. The summed E-state index contributed by atoms with van der Waals surface area (Å²) in [7, 11) is 1.45. The fourth-order valence-electron chi connectivity index (χ4n) is 16.7. The van der Waals surface area contributed by atoms with Crippen LogP contribution in [0.2, 0.25) is 0 Å². The molecular formula is C55H76O8. The molecule has 9 rings (SSSR count). The van der Waals surface area contributed by atoms with Crippen molar-refractivity contribution in [2.24, 2.45) is 63.6 Å². The first-order valence-electron chi connectivity index (χ1n) is 25.0. The van der Waals surface area contributed by atoms with E-state index in [0.29, 0.717) is 62.1 Å². The third-order valence-corrected chi connectivity index (χ3v) is 20.0. The van der Waals surface area contributed by atoms with Crippen molar-refractivity contribution in [3.05, 3.63) is 52.1 Å². The maximum atomic E-state index is 12.5. The molecule has 6 saturated carbocycles. The molecular weight excluding hydrogens is 789 g/mol. The van der Waals surface area contributed by atoms with E-state index in [9.17, 15) is 24.9 Å². The van der Waals surface area contributed by atoms with Gasteiger partial charge in [0.2, 0.25) is 0 Å². The molecule has 6 fully saturated rings. The number of aliphatic hydroxyl groups excluding tert-OH is 2. The van der Waals surface area contributed by atoms with Gasteiger partial charge in [-0.2, -0.15) is 0 Å². The van der Waals surface area contributed by atoms with Gasteiger partial charge in [-0.05, 0) is 196 Å². The first-order valence-corrected chi connectivity index (χ1v) is 25.0. The number of ketones is 1. The highest BCUT2D eigenvalue weighted by atomic mass is 16.5. The number of aliphatic hydroxyl groups is 3. The quantitative estimate of drug-likeness (QED) is 0.121. The fourth-order valence-corrected chi connectivity index (χ4v) is 16.7. The summed E-state index contributed by atoms with van der Waals surface area (Å²) in [4.78, 5) is 24.5. The molecule has 344 valence electrons. The lowest BCUT2D eigenvalue weighted by molar-refractivity contribution is -0.209. The summed E-state index contributed by atoms with van der Waals surface area (Å²) in [6, 6.07) is 6.66. The van der Waals surface area contributed by atoms with Crippen LogP contribution in [-0.4, -0.2) is 71.3 Å². The van der Waals surface area contributed by atoms with Crippen molar-refractivity contribution in [1.29, 1.82) is 0 Å². The Bertz CT molecular complexity index is 2080. The van der Waals surface area contributed by atoms with Gasteiger partial charge in [0, 0.05) is 24.2 Å². The second-order valence-electron chi connectivity index (χ2n) is 22.6. The summed E-state index contributed by atoms with van der Waals surface area (Å²) >= 11 is 0. The van der Waals surface area contributed by atoms with Crippen molar-refractivity contribution in [3.8, 4) is 17.6 Å². The van der Waals surface area contributed by atoms with Gasteiger partial charge < -0.3 is 29.5 Å². The summed E-state index contributed by atoms with van der Waals surface area (Å²) < 4.78 is 17.9. The highest BCUT2D eigenvalue weighted by molar-refractivity contribution is 5.93. The highest BCUT2D eigenvalue weighted by Gasteiger charge is 2.66. The number of hydrogen-bond donors (Lipinski definition) is 3. The van der Waals surface area contributed by atoms with Crippen LogP contribution in [0.1, 0.15) is 154 Å². The van der Waals surface area contributed by atoms with Crippen molar-refractivity contribution in [3.63, 3.8) is 0 Å². The zero-order valence-electron chi connectivity index (χ0n) is 39.3. The number of carbonyl (C=O) groups excluding carboxylic acids is 2. The maximum absolute atomic E-state index is 12.5. The molecule has 0 amide bonds. The predicted octanol–water partition coefficient (Wildman–Crippen LogP) is 9.60. The lowest BCUT2D eigenvalue weighted by Crippen LogP contribution is -2.62. The molecule has 1 aromatic carbocycles. The third-order valence-electron chi connectivity index (χ3n) is 20.0. The number of hydrogen-bond acceptors (Lipinski definition) is 8. The third kappa shape index (κ3) is 7.41. The Balaban J connectivity index is 0.836. The van der Waals surface area contributed by atoms with E-state index in [1.807, 2.05) is 13.0 Å². The van der Waals surface area contributed by atoms with Crippen LogP contribution in [0.15, 0.2) is 41.0 Å². The van der Waals surface area contributed by atoms with Crippen molar-refractivity contribution < 1.29 is 39.1 Å². The normalized spacial score (nSPS) is 43.2. The molecule has 0 aromatic heterocycles. The second kappa shape index (κ2) is 17.0. The zero-order chi connectivity index (χ0) is 44.6. The number of rotatable bonds is 10. The minimum atomic E-state index is -0.998. The molecule has 0 radical (unpaired) electrons. The fraction of sp³-hybridized carbons (Fsp3) is 0.745. The Morgan fingerprint density at radius 1 is 0.952 bits per heavy atom. The second-order valence-corrected chi connectivity index (χ2v) is 22.6. The number of ether oxygens (including phenoxy) is 3. The molecule has 8 nitrogen and oxygen atoms in total. The molecule has 8 aliphatic rings. The lowest BCUT2D eigenvalue weighted by Gasteiger charge is -2.63. The predicted molar refractivity (Wildman–Crippen MR) is 243 cm³/mol. The molecule has 8 heteroatoms. The average molecular weight is 865 g/mol. The van der Waals surface area contributed by atoms with E-state index in [-0.39, 0.29) is 63.9 Å². The van der Waals surface area contributed by atoms with Crippen LogP contribution >= 0.6 is 0 Å². The van der Waals surface area contributed by atoms with E-state index in [4.69, 9.17) is 14.2 Å². The molecule has 0 spiro atoms. The van der Waals surface area contributed by atoms with Crippen LogP contribution in [0.4, 0.5) is 0 Å². The summed E-state index contributed by atoms with van der Waals surface area (Å²) in [5.41, 5.74) is 5.03. The minimum absolute atomic E-state index is 0.0627. The van der Waals surface area contributed by atoms with E-state index in [0.717, 1.165) is 94.8 Å². The van der Waals surface area contributed by atoms with Gasteiger partial charge in [-0.3, -0.25) is 9.59 Å². The number of allylic oxidation sites excluding steroid dienone is 4. The molecule has 1 aromatic rings. The molecule has 63 heavy (non-hydrogen) atoms. The summed E-state index contributed by atoms with van der Waals surface area (Å²) in [5, 5.41) is 36.1. The van der Waals surface area contributed by atoms with Gasteiger partial charge in [0.25, 0.3) is 0 Å². The minimum Gasteiger partial charge on any atom is -0.491 e. The van der Waals surface area contributed by atoms with E-state index in [1.165, 1.54) is 29.4 Å². The Morgan fingerprint density at radius 3 is 2.52 bits per heavy atom. The summed E-state index contributed by atoms with van der Waals surface area (Å²) in [6.45, 7) is 14.2. The summed E-state index contributed by atoms with van der Waals surface area (Å²) in [5.74, 6) is 9.99. The smallest absolute Gasteiger partial charge is 0.305 e. The Kier molecular flexibility index (Phi) is 12.2. The van der Waals surface area contributed by atoms with Crippen LogP contribution in [0.5, 0.6) is 5.75 Å². The molecule has 4 unspecified atom stereocenters. The van der Waals surface area contributed by atoms with Crippen molar-refractivity contribution in [1.82, 2.24) is 0 Å². The molecule has 8 aliphatic carbocycles. The maximum Gasteiger partial charge on any atom is 0.305 e. The van der Waals surface area contributed by atoms with Crippen LogP contribution in [0, 0.1) is 82.4 Å². The van der Waals surface area contributed by atoms with Gasteiger partial charge in [-0.15, -0.1) is 5.92 Å². The van der Waals surface area contributed by atoms with Gasteiger partial charge in [0.1, 0.15) is 18.0 Å². The molecule has 0 aliphatic heterocycles. The molecule has 0 saturated heterocycles. The summed E-state index contributed by atoms with van der Waals surface area (Å²) in [6.07, 6.45) is 14.9. The number of benzene rings is 1. The highest BCUT2D eigenvalue weighted by Crippen LogP contribution is 2.69. The van der Waals surface area contributed by atoms with E-state index in [2.05, 4.69) is 64.7 Å². The standard InChI is InChI=1S/C55H76O8/c1-8-21-55(60)23-20-43-40-13-10-35-27-37(56)12-14-39(35)50(40)41(31-53(43,55)5)34-11-17-47(33(3)26-34)63-25-24-62-38-19-22-52(4)36(28-38)29-46(57)51-44-16-15-42(32(2)9-18-49(59)61-7)54(44,6)48(58)30-45(51)52/h11,17,26-27,32,36,38,40-46,48,51,57-58,60H,9-10,12-16,18-20,22-25,28-31H2,1-7H3/t32-,36?,38+,40?,41-,42?,43?,44+,45+,46-,48+,51+,52+,53+,54-,55+/m1/s1. The van der Waals surface area contributed by atoms with Gasteiger partial charge in [-0.1, -0.05) is 51.3 Å². The van der Waals surface area contributed by atoms with Crippen molar-refractivity contribution in [2.75, 3.05) is 20.3 Å². The lowest BCUT2D eigenvalue weighted by atomic mass is 9.43. The topological polar surface area (TPSA) is 123 Å². The van der Waals surface area contributed by atoms with Crippen LogP contribution < -0.4 is 4.74 Å². The van der Waals surface area contributed by atoms with Gasteiger partial charge in [-0.25, -0.2) is 0 Å². The molecule has 0 bridgehead atoms. The Morgan fingerprint density at radius 2 is 1.76 bits per heavy atom. The van der Waals surface area contributed by atoms with Crippen LogP contribution in [-0.2, 0) is 19.1 Å². The number of methoxy groups -OCH3 is 1. The van der Waals surface area contributed by atoms with Crippen molar-refractivity contribution >= 4 is 11.8 Å². The van der Waals surface area contributed by atoms with Crippen LogP contribution in [0.3, 0.4) is 0 Å². The number of fused-ring (bicyclic) bond motifs is 9. The largest absolute Gasteiger partial charge is 0.491 e. The Labute approximate surface area is 377 Å². The van der Waals surface area contributed by atoms with Crippen molar-refractivity contribution in [2.45, 2.75) is 174 Å². The van der Waals surface area contributed by atoms with E-state index in [1.54, 1.807) is 0 Å². The molecule has 16 atom stereocenters. The number of esters is 1. The molecule has 0 heterocycles. The Hall–Kier alpha value is -2.96. The van der Waals surface area contributed by atoms with E-state index >= 15 is 0 Å². The number of aryl methyl sites for hydroxylation is 1. The zero-order valence-corrected chi connectivity index (χ0v) is 39.3. The van der Waals surface area contributed by atoms with Crippen LogP contribution in [0.25, 0.3) is 0 Å². The SMILES string of the molecule is CC#C[C@]1(O)CCC2C3CCC4=CC(=O)CCC4=C3[C@@H](c3ccc(OCCO[C@H]4CC[C@@]5(C)C(C4)C[C@@H](O)[C@H]4[C@@H]6CCC([C@H](C)CCC(=O)OC)[C@@]6(C)[C@@H](O)C[C@@H]45)c(C)c3)C[C@@]21C. The van der Waals surface area contributed by atoms with Gasteiger partial charge >= 0.3 is 5.97 Å². The number of carbonyl (C=O) groups is 2. The van der Waals surface area contributed by atoms with E-state index < -0.39 is 11.7 Å².